The van der Waals surface area contributed by atoms with Crippen LogP contribution in [0.4, 0.5) is 8.78 Å². The van der Waals surface area contributed by atoms with Crippen molar-refractivity contribution in [2.24, 2.45) is 0 Å². The lowest BCUT2D eigenvalue weighted by Gasteiger charge is -2.11. The molecule has 0 bridgehead atoms. The van der Waals surface area contributed by atoms with Gasteiger partial charge in [-0.05, 0) is 25.1 Å². The van der Waals surface area contributed by atoms with Crippen molar-refractivity contribution in [3.8, 4) is 11.5 Å². The van der Waals surface area contributed by atoms with Crippen LogP contribution in [-0.4, -0.2) is 31.3 Å². The van der Waals surface area contributed by atoms with Crippen molar-refractivity contribution in [3.05, 3.63) is 30.0 Å². The Morgan fingerprint density at radius 2 is 2.10 bits per heavy atom. The minimum absolute atomic E-state index is 0.00827. The van der Waals surface area contributed by atoms with Gasteiger partial charge in [-0.15, -0.1) is 0 Å². The molecule has 0 amide bonds. The third-order valence-electron chi connectivity index (χ3n) is 2.66. The summed E-state index contributed by atoms with van der Waals surface area (Å²) < 4.78 is 38.9. The zero-order valence-corrected chi connectivity index (χ0v) is 11.4. The number of methoxy groups -OCH3 is 1. The molecule has 2 aromatic rings. The number of hydrogen-bond acceptors (Lipinski definition) is 5. The smallest absolute Gasteiger partial charge is 0.387 e. The maximum Gasteiger partial charge on any atom is 0.387 e. The molecule has 5 nitrogen and oxygen atoms in total. The van der Waals surface area contributed by atoms with Crippen molar-refractivity contribution in [2.75, 3.05) is 13.7 Å². The van der Waals surface area contributed by atoms with Gasteiger partial charge in [0.05, 0.1) is 19.2 Å². The molecule has 0 fully saturated rings. The summed E-state index contributed by atoms with van der Waals surface area (Å²) in [4.78, 5) is 15.7. The number of rotatable bonds is 5. The van der Waals surface area contributed by atoms with E-state index in [2.05, 4.69) is 14.5 Å². The molecule has 21 heavy (non-hydrogen) atoms. The summed E-state index contributed by atoms with van der Waals surface area (Å²) in [6, 6.07) is 5.62. The quantitative estimate of drug-likeness (QED) is 0.794. The number of alkyl halides is 2. The number of ether oxygens (including phenoxy) is 3. The Bertz CT molecular complexity index is 661. The number of fused-ring (bicyclic) bond motifs is 1. The zero-order chi connectivity index (χ0) is 15.4. The normalized spacial score (nSPS) is 10.7. The maximum atomic E-state index is 12.3. The molecule has 1 aromatic carbocycles. The van der Waals surface area contributed by atoms with E-state index >= 15 is 0 Å². The van der Waals surface area contributed by atoms with Crippen LogP contribution in [0.1, 0.15) is 17.4 Å². The molecule has 112 valence electrons. The molecule has 0 radical (unpaired) electrons. The van der Waals surface area contributed by atoms with Crippen LogP contribution in [0.2, 0.25) is 0 Å². The molecule has 0 aliphatic carbocycles. The van der Waals surface area contributed by atoms with Gasteiger partial charge in [0, 0.05) is 11.5 Å². The summed E-state index contributed by atoms with van der Waals surface area (Å²) in [5.41, 5.74) is 0.499. The van der Waals surface area contributed by atoms with Gasteiger partial charge in [-0.1, -0.05) is 0 Å². The molecule has 0 spiro atoms. The van der Waals surface area contributed by atoms with Gasteiger partial charge in [0.2, 0.25) is 0 Å². The van der Waals surface area contributed by atoms with Crippen LogP contribution in [0.3, 0.4) is 0 Å². The zero-order valence-electron chi connectivity index (χ0n) is 11.4. The SMILES string of the molecule is CCOc1cc(C(=O)OC)nc2ccc(OC(F)F)cc12. The van der Waals surface area contributed by atoms with Gasteiger partial charge < -0.3 is 14.2 Å². The van der Waals surface area contributed by atoms with E-state index in [1.165, 1.54) is 31.4 Å². The molecule has 0 atom stereocenters. The number of benzene rings is 1. The minimum atomic E-state index is -2.92. The van der Waals surface area contributed by atoms with Gasteiger partial charge in [-0.25, -0.2) is 9.78 Å². The van der Waals surface area contributed by atoms with Crippen molar-refractivity contribution in [1.29, 1.82) is 0 Å². The molecule has 0 unspecified atom stereocenters. The van der Waals surface area contributed by atoms with Crippen molar-refractivity contribution in [3.63, 3.8) is 0 Å². The van der Waals surface area contributed by atoms with E-state index < -0.39 is 12.6 Å². The lowest BCUT2D eigenvalue weighted by atomic mass is 10.1. The van der Waals surface area contributed by atoms with Crippen LogP contribution in [0, 0.1) is 0 Å². The van der Waals surface area contributed by atoms with Crippen molar-refractivity contribution in [2.45, 2.75) is 13.5 Å². The highest BCUT2D eigenvalue weighted by atomic mass is 19.3. The number of esters is 1. The van der Waals surface area contributed by atoms with Gasteiger partial charge in [-0.2, -0.15) is 8.78 Å². The van der Waals surface area contributed by atoms with E-state index in [0.29, 0.717) is 23.3 Å². The molecule has 2 rings (SSSR count). The van der Waals surface area contributed by atoms with E-state index in [0.717, 1.165) is 0 Å². The average molecular weight is 297 g/mol. The summed E-state index contributed by atoms with van der Waals surface area (Å²) in [6.07, 6.45) is 0. The maximum absolute atomic E-state index is 12.3. The third-order valence-corrected chi connectivity index (χ3v) is 2.66. The Balaban J connectivity index is 2.55. The lowest BCUT2D eigenvalue weighted by Crippen LogP contribution is -2.06. The molecule has 1 heterocycles. The highest BCUT2D eigenvalue weighted by molar-refractivity contribution is 5.94. The predicted octanol–water partition coefficient (Wildman–Crippen LogP) is 3.02. The molecule has 0 aliphatic rings. The fourth-order valence-electron chi connectivity index (χ4n) is 1.83. The number of hydrogen-bond donors (Lipinski definition) is 0. The highest BCUT2D eigenvalue weighted by Crippen LogP contribution is 2.30. The van der Waals surface area contributed by atoms with E-state index in [1.54, 1.807) is 6.92 Å². The van der Waals surface area contributed by atoms with Crippen molar-refractivity contribution >= 4 is 16.9 Å². The van der Waals surface area contributed by atoms with Gasteiger partial charge in [0.1, 0.15) is 11.5 Å². The summed E-state index contributed by atoms with van der Waals surface area (Å²) in [7, 11) is 1.24. The average Bonchev–Trinajstić information content (AvgIpc) is 2.46. The third kappa shape index (κ3) is 3.36. The number of pyridine rings is 1. The first-order valence-electron chi connectivity index (χ1n) is 6.16. The van der Waals surface area contributed by atoms with Gasteiger partial charge in [-0.3, -0.25) is 0 Å². The lowest BCUT2D eigenvalue weighted by molar-refractivity contribution is -0.0497. The molecule has 1 aromatic heterocycles. The fraction of sp³-hybridized carbons (Fsp3) is 0.286. The number of carbonyl (C=O) groups is 1. The molecule has 0 N–H and O–H groups in total. The van der Waals surface area contributed by atoms with Crippen LogP contribution in [0.5, 0.6) is 11.5 Å². The summed E-state index contributed by atoms with van der Waals surface area (Å²) in [6.45, 7) is -0.802. The topological polar surface area (TPSA) is 57.7 Å². The Labute approximate surface area is 119 Å². The standard InChI is InChI=1S/C14H13F2NO4/c1-3-20-12-7-11(13(18)19-2)17-10-5-4-8(6-9(10)12)21-14(15)16/h4-7,14H,3H2,1-2H3. The van der Waals surface area contributed by atoms with Gasteiger partial charge in [0.15, 0.2) is 5.69 Å². The number of aromatic nitrogens is 1. The molecule has 0 saturated heterocycles. The molecule has 0 aliphatic heterocycles. The number of nitrogens with zero attached hydrogens (tertiary/aromatic N) is 1. The Kier molecular flexibility index (Phi) is 4.52. The Hall–Kier alpha value is -2.44. The van der Waals surface area contributed by atoms with Gasteiger partial charge in [0.25, 0.3) is 0 Å². The molecular formula is C14H13F2NO4. The number of halogens is 2. The largest absolute Gasteiger partial charge is 0.493 e. The first-order valence-corrected chi connectivity index (χ1v) is 6.16. The summed E-state index contributed by atoms with van der Waals surface area (Å²) in [5, 5.41) is 0.475. The van der Waals surface area contributed by atoms with E-state index in [-0.39, 0.29) is 11.4 Å². The van der Waals surface area contributed by atoms with Crippen molar-refractivity contribution in [1.82, 2.24) is 4.98 Å². The molecular weight excluding hydrogens is 284 g/mol. The van der Waals surface area contributed by atoms with Gasteiger partial charge >= 0.3 is 12.6 Å². The fourth-order valence-corrected chi connectivity index (χ4v) is 1.83. The van der Waals surface area contributed by atoms with Crippen LogP contribution in [0.25, 0.3) is 10.9 Å². The second-order valence-electron chi connectivity index (χ2n) is 3.99. The summed E-state index contributed by atoms with van der Waals surface area (Å²) in [5.74, 6) is -0.264. The Morgan fingerprint density at radius 3 is 2.71 bits per heavy atom. The minimum Gasteiger partial charge on any atom is -0.493 e. The second kappa shape index (κ2) is 6.34. The monoisotopic (exact) mass is 297 g/mol. The van der Waals surface area contributed by atoms with E-state index in [4.69, 9.17) is 4.74 Å². The first kappa shape index (κ1) is 15.0. The van der Waals surface area contributed by atoms with Crippen LogP contribution in [0.15, 0.2) is 24.3 Å². The predicted molar refractivity (Wildman–Crippen MR) is 70.9 cm³/mol. The van der Waals surface area contributed by atoms with Crippen molar-refractivity contribution < 1.29 is 27.8 Å². The molecule has 7 heteroatoms. The number of carbonyl (C=O) groups excluding carboxylic acids is 1. The second-order valence-corrected chi connectivity index (χ2v) is 3.99. The highest BCUT2D eigenvalue weighted by Gasteiger charge is 2.14. The first-order chi connectivity index (χ1) is 10.0. The molecule has 0 saturated carbocycles. The Morgan fingerprint density at radius 1 is 1.33 bits per heavy atom. The van der Waals surface area contributed by atoms with Crippen LogP contribution < -0.4 is 9.47 Å². The van der Waals surface area contributed by atoms with Crippen LogP contribution in [-0.2, 0) is 4.74 Å². The van der Waals surface area contributed by atoms with E-state index in [1.807, 2.05) is 0 Å². The summed E-state index contributed by atoms with van der Waals surface area (Å²) >= 11 is 0. The van der Waals surface area contributed by atoms with E-state index in [9.17, 15) is 13.6 Å². The van der Waals surface area contributed by atoms with Crippen LogP contribution >= 0.6 is 0 Å².